The number of rotatable bonds is 5. The molecule has 2 aromatic carbocycles. The van der Waals surface area contributed by atoms with Gasteiger partial charge in [-0.3, -0.25) is 4.40 Å². The van der Waals surface area contributed by atoms with Crippen molar-refractivity contribution in [2.45, 2.75) is 25.2 Å². The van der Waals surface area contributed by atoms with Gasteiger partial charge in [0, 0.05) is 19.3 Å². The van der Waals surface area contributed by atoms with Gasteiger partial charge in [-0.2, -0.15) is 0 Å². The summed E-state index contributed by atoms with van der Waals surface area (Å²) in [6.07, 6.45) is 4.21. The lowest BCUT2D eigenvalue weighted by atomic mass is 9.94. The predicted octanol–water partition coefficient (Wildman–Crippen LogP) is 4.75. The van der Waals surface area contributed by atoms with E-state index >= 15 is 0 Å². The van der Waals surface area contributed by atoms with Gasteiger partial charge in [0.1, 0.15) is 5.82 Å². The van der Waals surface area contributed by atoms with Crippen molar-refractivity contribution in [1.29, 1.82) is 0 Å². The summed E-state index contributed by atoms with van der Waals surface area (Å²) >= 11 is 0. The Morgan fingerprint density at radius 1 is 0.875 bits per heavy atom. The van der Waals surface area contributed by atoms with Crippen LogP contribution < -0.4 is 9.64 Å². The molecule has 3 heterocycles. The van der Waals surface area contributed by atoms with Crippen LogP contribution in [-0.2, 0) is 10.2 Å². The van der Waals surface area contributed by atoms with E-state index in [9.17, 15) is 0 Å². The summed E-state index contributed by atoms with van der Waals surface area (Å²) in [4.78, 5) is 2.31. The topological polar surface area (TPSA) is 51.9 Å². The first-order valence-corrected chi connectivity index (χ1v) is 11.3. The van der Waals surface area contributed by atoms with Gasteiger partial charge in [-0.15, -0.1) is 10.2 Å². The van der Waals surface area contributed by atoms with Crippen LogP contribution in [0.25, 0.3) is 5.65 Å². The Hall–Kier alpha value is -3.38. The molecule has 1 aliphatic heterocycles. The van der Waals surface area contributed by atoms with Crippen LogP contribution in [0.15, 0.2) is 66.9 Å². The highest BCUT2D eigenvalue weighted by atomic mass is 16.5. The number of hydrogen-bond acceptors (Lipinski definition) is 5. The van der Waals surface area contributed by atoms with E-state index in [0.717, 1.165) is 62.1 Å². The summed E-state index contributed by atoms with van der Waals surface area (Å²) in [5.74, 6) is 2.53. The number of morpholine rings is 1. The average molecular weight is 427 g/mol. The maximum atomic E-state index is 6.44. The smallest absolute Gasteiger partial charge is 0.203 e. The number of pyridine rings is 1. The molecule has 1 saturated heterocycles. The van der Waals surface area contributed by atoms with Crippen molar-refractivity contribution in [2.75, 3.05) is 31.2 Å². The van der Waals surface area contributed by atoms with E-state index in [1.54, 1.807) is 0 Å². The molecule has 6 heteroatoms. The van der Waals surface area contributed by atoms with Crippen molar-refractivity contribution in [2.24, 2.45) is 0 Å². The molecule has 0 atom stereocenters. The third-order valence-corrected chi connectivity index (χ3v) is 6.62. The molecule has 4 aromatic rings. The van der Waals surface area contributed by atoms with Gasteiger partial charge in [-0.05, 0) is 49.6 Å². The van der Waals surface area contributed by atoms with Crippen molar-refractivity contribution in [3.63, 3.8) is 0 Å². The predicted molar refractivity (Wildman–Crippen MR) is 124 cm³/mol. The molecule has 6 nitrogen and oxygen atoms in total. The van der Waals surface area contributed by atoms with E-state index in [0.29, 0.717) is 5.75 Å². The Kier molecular flexibility index (Phi) is 4.61. The van der Waals surface area contributed by atoms with Gasteiger partial charge in [0.25, 0.3) is 0 Å². The Bertz CT molecular complexity index is 1250. The second-order valence-corrected chi connectivity index (χ2v) is 8.71. The van der Waals surface area contributed by atoms with Gasteiger partial charge in [-0.25, -0.2) is 0 Å². The summed E-state index contributed by atoms with van der Waals surface area (Å²) in [5, 5.41) is 9.21. The SMILES string of the molecule is Cc1ccc(C2(c3nnc4c(Oc5ccccc5N5CCOCC5)cccn34)CC2)cc1. The van der Waals surface area contributed by atoms with Gasteiger partial charge < -0.3 is 14.4 Å². The number of para-hydroxylation sites is 2. The molecule has 0 N–H and O–H groups in total. The lowest BCUT2D eigenvalue weighted by molar-refractivity contribution is 0.122. The zero-order valence-corrected chi connectivity index (χ0v) is 18.2. The molecule has 32 heavy (non-hydrogen) atoms. The third-order valence-electron chi connectivity index (χ3n) is 6.62. The number of aryl methyl sites for hydroxylation is 1. The van der Waals surface area contributed by atoms with Gasteiger partial charge in [0.2, 0.25) is 5.65 Å². The Morgan fingerprint density at radius 3 is 2.41 bits per heavy atom. The first kappa shape index (κ1) is 19.3. The molecule has 6 rings (SSSR count). The minimum absolute atomic E-state index is 0.0581. The molecule has 0 spiro atoms. The molecular weight excluding hydrogens is 400 g/mol. The van der Waals surface area contributed by atoms with E-state index < -0.39 is 0 Å². The highest BCUT2D eigenvalue weighted by Gasteiger charge is 2.49. The molecule has 1 aliphatic carbocycles. The zero-order valence-electron chi connectivity index (χ0n) is 18.2. The van der Waals surface area contributed by atoms with Crippen molar-refractivity contribution in [3.8, 4) is 11.5 Å². The first-order chi connectivity index (χ1) is 15.7. The molecule has 162 valence electrons. The highest BCUT2D eigenvalue weighted by molar-refractivity contribution is 5.63. The number of benzene rings is 2. The zero-order chi connectivity index (χ0) is 21.5. The molecule has 2 aromatic heterocycles. The third kappa shape index (κ3) is 3.22. The summed E-state index contributed by atoms with van der Waals surface area (Å²) in [7, 11) is 0. The number of fused-ring (bicyclic) bond motifs is 1. The molecule has 0 radical (unpaired) electrons. The Labute approximate surface area is 187 Å². The fourth-order valence-corrected chi connectivity index (χ4v) is 4.66. The lowest BCUT2D eigenvalue weighted by Gasteiger charge is -2.30. The maximum absolute atomic E-state index is 6.44. The minimum atomic E-state index is -0.0581. The van der Waals surface area contributed by atoms with E-state index in [1.165, 1.54) is 11.1 Å². The van der Waals surface area contributed by atoms with E-state index in [1.807, 2.05) is 36.5 Å². The van der Waals surface area contributed by atoms with E-state index in [2.05, 4.69) is 56.8 Å². The van der Waals surface area contributed by atoms with Crippen LogP contribution in [0, 0.1) is 6.92 Å². The Morgan fingerprint density at radius 2 is 1.62 bits per heavy atom. The minimum Gasteiger partial charge on any atom is -0.451 e. The number of hydrogen-bond donors (Lipinski definition) is 0. The summed E-state index contributed by atoms with van der Waals surface area (Å²) in [6.45, 7) is 5.31. The van der Waals surface area contributed by atoms with E-state index in [-0.39, 0.29) is 5.41 Å². The van der Waals surface area contributed by atoms with Gasteiger partial charge in [0.15, 0.2) is 11.5 Å². The van der Waals surface area contributed by atoms with Crippen LogP contribution in [-0.4, -0.2) is 40.9 Å². The second-order valence-electron chi connectivity index (χ2n) is 8.71. The molecule has 0 unspecified atom stereocenters. The van der Waals surface area contributed by atoms with Crippen molar-refractivity contribution < 1.29 is 9.47 Å². The first-order valence-electron chi connectivity index (χ1n) is 11.3. The van der Waals surface area contributed by atoms with Crippen LogP contribution in [0.2, 0.25) is 0 Å². The van der Waals surface area contributed by atoms with Crippen LogP contribution in [0.1, 0.15) is 29.8 Å². The number of aromatic nitrogens is 3. The number of ether oxygens (including phenoxy) is 2. The fraction of sp³-hybridized carbons (Fsp3) is 0.308. The second kappa shape index (κ2) is 7.64. The largest absolute Gasteiger partial charge is 0.451 e. The molecule has 2 aliphatic rings. The Balaban J connectivity index is 1.37. The molecular formula is C26H26N4O2. The van der Waals surface area contributed by atoms with Crippen LogP contribution in [0.3, 0.4) is 0 Å². The van der Waals surface area contributed by atoms with E-state index in [4.69, 9.17) is 9.47 Å². The van der Waals surface area contributed by atoms with Crippen LogP contribution in [0.4, 0.5) is 5.69 Å². The molecule has 0 amide bonds. The van der Waals surface area contributed by atoms with Gasteiger partial charge >= 0.3 is 0 Å². The van der Waals surface area contributed by atoms with Crippen molar-refractivity contribution in [3.05, 3.63) is 83.8 Å². The van der Waals surface area contributed by atoms with Gasteiger partial charge in [-0.1, -0.05) is 42.0 Å². The lowest BCUT2D eigenvalue weighted by Crippen LogP contribution is -2.36. The quantitative estimate of drug-likeness (QED) is 0.461. The van der Waals surface area contributed by atoms with Crippen molar-refractivity contribution in [1.82, 2.24) is 14.6 Å². The fourth-order valence-electron chi connectivity index (χ4n) is 4.66. The summed E-state index contributed by atoms with van der Waals surface area (Å²) < 4.78 is 14.1. The average Bonchev–Trinajstić information content (AvgIpc) is 3.52. The molecule has 0 bridgehead atoms. The molecule has 2 fully saturated rings. The monoisotopic (exact) mass is 426 g/mol. The van der Waals surface area contributed by atoms with Gasteiger partial charge in [0.05, 0.1) is 24.3 Å². The maximum Gasteiger partial charge on any atom is 0.203 e. The highest BCUT2D eigenvalue weighted by Crippen LogP contribution is 2.53. The molecule has 1 saturated carbocycles. The normalized spacial score (nSPS) is 17.5. The van der Waals surface area contributed by atoms with Crippen molar-refractivity contribution >= 4 is 11.3 Å². The number of anilines is 1. The number of nitrogens with zero attached hydrogens (tertiary/aromatic N) is 4. The van der Waals surface area contributed by atoms with Crippen LogP contribution >= 0.6 is 0 Å². The standard InChI is InChI=1S/C26H26N4O2/c1-19-8-10-20(11-9-19)26(12-13-26)25-28-27-24-23(7-4-14-30(24)25)32-22-6-3-2-5-21(22)29-15-17-31-18-16-29/h2-11,14H,12-13,15-18H2,1H3. The van der Waals surface area contributed by atoms with Crippen LogP contribution in [0.5, 0.6) is 11.5 Å². The summed E-state index contributed by atoms with van der Waals surface area (Å²) in [6, 6.07) is 21.0. The summed E-state index contributed by atoms with van der Waals surface area (Å²) in [5.41, 5.74) is 4.34.